The molecular weight excluding hydrogens is 182 g/mol. The van der Waals surface area contributed by atoms with E-state index in [2.05, 4.69) is 5.10 Å². The van der Waals surface area contributed by atoms with E-state index in [-0.39, 0.29) is 5.97 Å². The highest BCUT2D eigenvalue weighted by molar-refractivity contribution is 5.87. The summed E-state index contributed by atoms with van der Waals surface area (Å²) < 4.78 is 6.53. The van der Waals surface area contributed by atoms with Crippen LogP contribution in [0.5, 0.6) is 0 Å². The Balaban J connectivity index is 2.79. The van der Waals surface area contributed by atoms with E-state index in [4.69, 9.17) is 10.5 Å². The molecule has 0 unspecified atom stereocenters. The molecule has 0 amide bonds. The number of hydrogen-bond donors (Lipinski definition) is 1. The monoisotopic (exact) mass is 197 g/mol. The Morgan fingerprint density at radius 2 is 2.43 bits per heavy atom. The summed E-state index contributed by atoms with van der Waals surface area (Å²) >= 11 is 0. The molecule has 14 heavy (non-hydrogen) atoms. The highest BCUT2D eigenvalue weighted by Crippen LogP contribution is 2.04. The zero-order chi connectivity index (χ0) is 10.6. The van der Waals surface area contributed by atoms with Gasteiger partial charge in [0, 0.05) is 12.2 Å². The van der Waals surface area contributed by atoms with Crippen LogP contribution in [0.15, 0.2) is 6.07 Å². The average molecular weight is 197 g/mol. The van der Waals surface area contributed by atoms with Crippen molar-refractivity contribution in [3.8, 4) is 0 Å². The first kappa shape index (κ1) is 10.7. The standard InChI is InChI=1S/C9H15N3O2/c1-3-14-9(13)8-6-7(2)12(11-8)5-4-10/h6H,3-5,10H2,1-2H3. The molecule has 0 saturated heterocycles. The summed E-state index contributed by atoms with van der Waals surface area (Å²) in [5.41, 5.74) is 6.66. The van der Waals surface area contributed by atoms with Gasteiger partial charge in [0.1, 0.15) is 0 Å². The molecule has 0 aromatic carbocycles. The highest BCUT2D eigenvalue weighted by Gasteiger charge is 2.12. The summed E-state index contributed by atoms with van der Waals surface area (Å²) in [7, 11) is 0. The first-order valence-electron chi connectivity index (χ1n) is 4.60. The number of aryl methyl sites for hydroxylation is 1. The smallest absolute Gasteiger partial charge is 0.358 e. The van der Waals surface area contributed by atoms with Gasteiger partial charge in [0.15, 0.2) is 5.69 Å². The van der Waals surface area contributed by atoms with E-state index >= 15 is 0 Å². The third-order valence-electron chi connectivity index (χ3n) is 1.81. The van der Waals surface area contributed by atoms with Crippen molar-refractivity contribution in [3.63, 3.8) is 0 Å². The summed E-state index contributed by atoms with van der Waals surface area (Å²) in [5.74, 6) is -0.383. The lowest BCUT2D eigenvalue weighted by Crippen LogP contribution is -2.13. The van der Waals surface area contributed by atoms with Crippen LogP contribution in [0, 0.1) is 6.92 Å². The second kappa shape index (κ2) is 4.76. The fourth-order valence-corrected chi connectivity index (χ4v) is 1.16. The van der Waals surface area contributed by atoms with Crippen molar-refractivity contribution in [1.29, 1.82) is 0 Å². The molecule has 0 spiro atoms. The van der Waals surface area contributed by atoms with Crippen LogP contribution < -0.4 is 5.73 Å². The van der Waals surface area contributed by atoms with Gasteiger partial charge in [-0.3, -0.25) is 4.68 Å². The summed E-state index contributed by atoms with van der Waals surface area (Å²) in [4.78, 5) is 11.3. The van der Waals surface area contributed by atoms with E-state index in [1.165, 1.54) is 0 Å². The van der Waals surface area contributed by atoms with Gasteiger partial charge in [-0.05, 0) is 19.9 Å². The minimum absolute atomic E-state index is 0.345. The molecule has 0 aliphatic rings. The predicted molar refractivity (Wildman–Crippen MR) is 52.0 cm³/mol. The predicted octanol–water partition coefficient (Wildman–Crippen LogP) is 0.327. The number of hydrogen-bond acceptors (Lipinski definition) is 4. The van der Waals surface area contributed by atoms with Crippen LogP contribution in [-0.2, 0) is 11.3 Å². The van der Waals surface area contributed by atoms with E-state index in [0.29, 0.717) is 25.4 Å². The van der Waals surface area contributed by atoms with Crippen molar-refractivity contribution in [2.24, 2.45) is 5.73 Å². The van der Waals surface area contributed by atoms with E-state index in [1.807, 2.05) is 6.92 Å². The van der Waals surface area contributed by atoms with Crippen LogP contribution in [0.4, 0.5) is 0 Å². The van der Waals surface area contributed by atoms with Crippen molar-refractivity contribution in [3.05, 3.63) is 17.5 Å². The molecule has 0 aliphatic heterocycles. The number of ether oxygens (including phenoxy) is 1. The van der Waals surface area contributed by atoms with Crippen LogP contribution in [0.25, 0.3) is 0 Å². The van der Waals surface area contributed by atoms with Crippen LogP contribution in [0.3, 0.4) is 0 Å². The molecule has 0 aliphatic carbocycles. The summed E-state index contributed by atoms with van der Waals surface area (Å²) in [6.45, 7) is 5.13. The second-order valence-electron chi connectivity index (χ2n) is 2.90. The summed E-state index contributed by atoms with van der Waals surface area (Å²) in [6, 6.07) is 1.70. The molecule has 0 saturated carbocycles. The first-order valence-corrected chi connectivity index (χ1v) is 4.60. The highest BCUT2D eigenvalue weighted by atomic mass is 16.5. The number of carbonyl (C=O) groups is 1. The van der Waals surface area contributed by atoms with Crippen molar-refractivity contribution in [2.75, 3.05) is 13.2 Å². The maximum atomic E-state index is 11.3. The molecule has 0 atom stereocenters. The maximum absolute atomic E-state index is 11.3. The minimum Gasteiger partial charge on any atom is -0.461 e. The minimum atomic E-state index is -0.383. The van der Waals surface area contributed by atoms with Gasteiger partial charge in [0.2, 0.25) is 0 Å². The molecule has 1 rings (SSSR count). The SMILES string of the molecule is CCOC(=O)c1cc(C)n(CCN)n1. The van der Waals surface area contributed by atoms with Gasteiger partial charge >= 0.3 is 5.97 Å². The molecule has 5 nitrogen and oxygen atoms in total. The molecule has 1 aromatic heterocycles. The average Bonchev–Trinajstić information content (AvgIpc) is 2.49. The Bertz CT molecular complexity index is 320. The lowest BCUT2D eigenvalue weighted by Gasteiger charge is -1.99. The van der Waals surface area contributed by atoms with Gasteiger partial charge in [-0.1, -0.05) is 0 Å². The fourth-order valence-electron chi connectivity index (χ4n) is 1.16. The number of rotatable bonds is 4. The van der Waals surface area contributed by atoms with E-state index in [9.17, 15) is 4.79 Å². The Hall–Kier alpha value is -1.36. The summed E-state index contributed by atoms with van der Waals surface area (Å²) in [6.07, 6.45) is 0. The zero-order valence-corrected chi connectivity index (χ0v) is 8.49. The normalized spacial score (nSPS) is 10.2. The zero-order valence-electron chi connectivity index (χ0n) is 8.49. The summed E-state index contributed by atoms with van der Waals surface area (Å²) in [5, 5.41) is 4.08. The number of nitrogens with zero attached hydrogens (tertiary/aromatic N) is 2. The molecule has 2 N–H and O–H groups in total. The van der Waals surface area contributed by atoms with Gasteiger partial charge in [-0.15, -0.1) is 0 Å². The van der Waals surface area contributed by atoms with E-state index < -0.39 is 0 Å². The number of esters is 1. The molecule has 0 fully saturated rings. The molecule has 0 bridgehead atoms. The second-order valence-corrected chi connectivity index (χ2v) is 2.90. The Morgan fingerprint density at radius 1 is 1.71 bits per heavy atom. The lowest BCUT2D eigenvalue weighted by molar-refractivity contribution is 0.0518. The molecule has 0 radical (unpaired) electrons. The van der Waals surface area contributed by atoms with E-state index in [0.717, 1.165) is 5.69 Å². The van der Waals surface area contributed by atoms with Gasteiger partial charge < -0.3 is 10.5 Å². The largest absolute Gasteiger partial charge is 0.461 e. The molecule has 78 valence electrons. The number of aromatic nitrogens is 2. The van der Waals surface area contributed by atoms with Crippen LogP contribution in [0.1, 0.15) is 23.1 Å². The quantitative estimate of drug-likeness (QED) is 0.706. The third kappa shape index (κ3) is 2.32. The first-order chi connectivity index (χ1) is 6.69. The van der Waals surface area contributed by atoms with Gasteiger partial charge in [-0.25, -0.2) is 4.79 Å². The topological polar surface area (TPSA) is 70.1 Å². The lowest BCUT2D eigenvalue weighted by atomic mass is 10.4. The van der Waals surface area contributed by atoms with Crippen molar-refractivity contribution in [2.45, 2.75) is 20.4 Å². The van der Waals surface area contributed by atoms with Crippen LogP contribution >= 0.6 is 0 Å². The van der Waals surface area contributed by atoms with Crippen molar-refractivity contribution in [1.82, 2.24) is 9.78 Å². The molecular formula is C9H15N3O2. The molecule has 1 aromatic rings. The van der Waals surface area contributed by atoms with Crippen molar-refractivity contribution < 1.29 is 9.53 Å². The molecule has 5 heteroatoms. The number of carbonyl (C=O) groups excluding carboxylic acids is 1. The van der Waals surface area contributed by atoms with Gasteiger partial charge in [0.05, 0.1) is 13.2 Å². The number of nitrogens with two attached hydrogens (primary N) is 1. The Morgan fingerprint density at radius 3 is 3.00 bits per heavy atom. The van der Waals surface area contributed by atoms with Crippen LogP contribution in [0.2, 0.25) is 0 Å². The van der Waals surface area contributed by atoms with Crippen molar-refractivity contribution >= 4 is 5.97 Å². The van der Waals surface area contributed by atoms with Gasteiger partial charge in [-0.2, -0.15) is 5.10 Å². The van der Waals surface area contributed by atoms with Gasteiger partial charge in [0.25, 0.3) is 0 Å². The maximum Gasteiger partial charge on any atom is 0.358 e. The Kier molecular flexibility index (Phi) is 3.64. The van der Waals surface area contributed by atoms with Crippen LogP contribution in [-0.4, -0.2) is 28.9 Å². The fraction of sp³-hybridized carbons (Fsp3) is 0.556. The molecule has 1 heterocycles. The Labute approximate surface area is 82.8 Å². The van der Waals surface area contributed by atoms with E-state index in [1.54, 1.807) is 17.7 Å². The third-order valence-corrected chi connectivity index (χ3v) is 1.81.